The summed E-state index contributed by atoms with van der Waals surface area (Å²) in [5, 5.41) is 8.77. The van der Waals surface area contributed by atoms with Crippen molar-refractivity contribution in [1.82, 2.24) is 0 Å². The van der Waals surface area contributed by atoms with Crippen molar-refractivity contribution in [2.75, 3.05) is 0 Å². The van der Waals surface area contributed by atoms with Gasteiger partial charge in [-0.2, -0.15) is 5.26 Å². The number of halogens is 1. The van der Waals surface area contributed by atoms with Crippen molar-refractivity contribution in [3.05, 3.63) is 71.0 Å². The number of amides is 1. The quantitative estimate of drug-likeness (QED) is 0.681. The molecule has 0 radical (unpaired) electrons. The molecule has 0 fully saturated rings. The van der Waals surface area contributed by atoms with Crippen molar-refractivity contribution < 1.29 is 13.9 Å². The zero-order valence-electron chi connectivity index (χ0n) is 11.6. The Balaban J connectivity index is 2.05. The number of carbonyl (C=O) groups is 1. The third-order valence-corrected chi connectivity index (χ3v) is 2.93. The first-order chi connectivity index (χ1) is 10.6. The second-order valence-corrected chi connectivity index (χ2v) is 4.48. The van der Waals surface area contributed by atoms with Gasteiger partial charge in [0, 0.05) is 5.56 Å². The van der Waals surface area contributed by atoms with Gasteiger partial charge in [-0.15, -0.1) is 0 Å². The summed E-state index contributed by atoms with van der Waals surface area (Å²) in [5.41, 5.74) is 6.05. The van der Waals surface area contributed by atoms with Gasteiger partial charge in [-0.1, -0.05) is 30.3 Å². The number of nitrogens with two attached hydrogens (primary N) is 1. The van der Waals surface area contributed by atoms with Gasteiger partial charge in [0.05, 0.1) is 0 Å². The standard InChI is InChI=1S/C17H13FN2O2/c18-16-4-2-1-3-13(16)11-22-15-7-5-12(6-8-15)9-14(10-19)17(20)21/h1-9H,11H2,(H2,20,21)/b14-9+. The average Bonchev–Trinajstić information content (AvgIpc) is 2.52. The van der Waals surface area contributed by atoms with Crippen LogP contribution in [-0.2, 0) is 11.4 Å². The maximum absolute atomic E-state index is 13.5. The van der Waals surface area contributed by atoms with Crippen LogP contribution in [0.15, 0.2) is 54.1 Å². The van der Waals surface area contributed by atoms with Crippen molar-refractivity contribution in [2.45, 2.75) is 6.61 Å². The highest BCUT2D eigenvalue weighted by Crippen LogP contribution is 2.17. The second kappa shape index (κ2) is 7.04. The van der Waals surface area contributed by atoms with E-state index in [9.17, 15) is 9.18 Å². The molecule has 0 aliphatic carbocycles. The average molecular weight is 296 g/mol. The Morgan fingerprint density at radius 3 is 2.50 bits per heavy atom. The summed E-state index contributed by atoms with van der Waals surface area (Å²) in [5.74, 6) is -0.539. The van der Waals surface area contributed by atoms with Crippen LogP contribution in [0.3, 0.4) is 0 Å². The van der Waals surface area contributed by atoms with Crippen molar-refractivity contribution in [2.24, 2.45) is 5.73 Å². The summed E-state index contributed by atoms with van der Waals surface area (Å²) < 4.78 is 18.9. The minimum Gasteiger partial charge on any atom is -0.489 e. The Morgan fingerprint density at radius 2 is 1.91 bits per heavy atom. The predicted octanol–water partition coefficient (Wildman–Crippen LogP) is 2.80. The van der Waals surface area contributed by atoms with Gasteiger partial charge in [-0.3, -0.25) is 4.79 Å². The number of rotatable bonds is 5. The van der Waals surface area contributed by atoms with E-state index in [0.29, 0.717) is 16.9 Å². The molecule has 0 saturated heterocycles. The van der Waals surface area contributed by atoms with E-state index in [1.54, 1.807) is 48.5 Å². The molecule has 110 valence electrons. The Morgan fingerprint density at radius 1 is 1.23 bits per heavy atom. The summed E-state index contributed by atoms with van der Waals surface area (Å²) in [6.07, 6.45) is 1.39. The van der Waals surface area contributed by atoms with E-state index in [2.05, 4.69) is 0 Å². The van der Waals surface area contributed by atoms with E-state index in [1.165, 1.54) is 12.1 Å². The molecule has 2 N–H and O–H groups in total. The molecule has 0 bridgehead atoms. The van der Waals surface area contributed by atoms with Gasteiger partial charge in [-0.25, -0.2) is 4.39 Å². The summed E-state index contributed by atoms with van der Waals surface area (Å²) in [6, 6.07) is 14.8. The molecule has 0 heterocycles. The molecule has 2 aromatic carbocycles. The van der Waals surface area contributed by atoms with Gasteiger partial charge in [-0.05, 0) is 29.8 Å². The Labute approximate surface area is 127 Å². The highest BCUT2D eigenvalue weighted by Gasteiger charge is 2.04. The molecule has 0 aliphatic heterocycles. The number of hydrogen-bond donors (Lipinski definition) is 1. The van der Waals surface area contributed by atoms with Crippen LogP contribution < -0.4 is 10.5 Å². The topological polar surface area (TPSA) is 76.1 Å². The van der Waals surface area contributed by atoms with Crippen LogP contribution in [0.2, 0.25) is 0 Å². The third kappa shape index (κ3) is 3.93. The molecule has 0 spiro atoms. The van der Waals surface area contributed by atoms with Crippen molar-refractivity contribution in [3.63, 3.8) is 0 Å². The third-order valence-electron chi connectivity index (χ3n) is 2.93. The molecular weight excluding hydrogens is 283 g/mol. The summed E-state index contributed by atoms with van der Waals surface area (Å²) in [7, 11) is 0. The SMILES string of the molecule is N#C/C(=C\c1ccc(OCc2ccccc2F)cc1)C(N)=O. The van der Waals surface area contributed by atoms with Crippen LogP contribution in [0, 0.1) is 17.1 Å². The molecule has 2 rings (SSSR count). The Hall–Kier alpha value is -3.13. The van der Waals surface area contributed by atoms with E-state index >= 15 is 0 Å². The number of carbonyl (C=O) groups excluding carboxylic acids is 1. The largest absolute Gasteiger partial charge is 0.489 e. The van der Waals surface area contributed by atoms with Gasteiger partial charge in [0.2, 0.25) is 0 Å². The number of benzene rings is 2. The van der Waals surface area contributed by atoms with E-state index in [4.69, 9.17) is 15.7 Å². The van der Waals surface area contributed by atoms with Gasteiger partial charge < -0.3 is 10.5 Å². The maximum Gasteiger partial charge on any atom is 0.259 e. The van der Waals surface area contributed by atoms with Crippen LogP contribution in [0.1, 0.15) is 11.1 Å². The van der Waals surface area contributed by atoms with Crippen LogP contribution in [0.4, 0.5) is 4.39 Å². The van der Waals surface area contributed by atoms with E-state index in [1.807, 2.05) is 0 Å². The number of ether oxygens (including phenoxy) is 1. The molecule has 0 saturated carbocycles. The van der Waals surface area contributed by atoms with Gasteiger partial charge in [0.15, 0.2) is 0 Å². The molecule has 22 heavy (non-hydrogen) atoms. The van der Waals surface area contributed by atoms with E-state index in [0.717, 1.165) is 0 Å². The predicted molar refractivity (Wildman–Crippen MR) is 80.0 cm³/mol. The van der Waals surface area contributed by atoms with Gasteiger partial charge >= 0.3 is 0 Å². The van der Waals surface area contributed by atoms with Gasteiger partial charge in [0.1, 0.15) is 29.8 Å². The van der Waals surface area contributed by atoms with Crippen LogP contribution >= 0.6 is 0 Å². The smallest absolute Gasteiger partial charge is 0.259 e. The molecular formula is C17H13FN2O2. The number of nitrogens with zero attached hydrogens (tertiary/aromatic N) is 1. The molecule has 0 aromatic heterocycles. The van der Waals surface area contributed by atoms with Crippen molar-refractivity contribution in [3.8, 4) is 11.8 Å². The van der Waals surface area contributed by atoms with E-state index < -0.39 is 5.91 Å². The monoisotopic (exact) mass is 296 g/mol. The zero-order chi connectivity index (χ0) is 15.9. The molecule has 0 aliphatic rings. The lowest BCUT2D eigenvalue weighted by atomic mass is 10.1. The molecule has 5 heteroatoms. The highest BCUT2D eigenvalue weighted by molar-refractivity contribution is 6.00. The molecule has 2 aromatic rings. The Bertz CT molecular complexity index is 746. The lowest BCUT2D eigenvalue weighted by molar-refractivity contribution is -0.114. The molecule has 1 amide bonds. The Kier molecular flexibility index (Phi) is 4.89. The maximum atomic E-state index is 13.5. The van der Waals surface area contributed by atoms with E-state index in [-0.39, 0.29) is 18.0 Å². The van der Waals surface area contributed by atoms with Crippen LogP contribution in [-0.4, -0.2) is 5.91 Å². The first-order valence-corrected chi connectivity index (χ1v) is 6.48. The second-order valence-electron chi connectivity index (χ2n) is 4.48. The molecule has 4 nitrogen and oxygen atoms in total. The number of nitriles is 1. The van der Waals surface area contributed by atoms with Crippen LogP contribution in [0.5, 0.6) is 5.75 Å². The van der Waals surface area contributed by atoms with Crippen LogP contribution in [0.25, 0.3) is 6.08 Å². The first-order valence-electron chi connectivity index (χ1n) is 6.48. The lowest BCUT2D eigenvalue weighted by Crippen LogP contribution is -2.12. The lowest BCUT2D eigenvalue weighted by Gasteiger charge is -2.07. The molecule has 0 atom stereocenters. The summed E-state index contributed by atoms with van der Waals surface area (Å²) >= 11 is 0. The summed E-state index contributed by atoms with van der Waals surface area (Å²) in [4.78, 5) is 11.0. The fraction of sp³-hybridized carbons (Fsp3) is 0.0588. The van der Waals surface area contributed by atoms with Crippen molar-refractivity contribution >= 4 is 12.0 Å². The number of hydrogen-bond acceptors (Lipinski definition) is 3. The fourth-order valence-corrected chi connectivity index (χ4v) is 1.76. The van der Waals surface area contributed by atoms with Gasteiger partial charge in [0.25, 0.3) is 5.91 Å². The minimum atomic E-state index is -0.776. The highest BCUT2D eigenvalue weighted by atomic mass is 19.1. The fourth-order valence-electron chi connectivity index (χ4n) is 1.76. The normalized spacial score (nSPS) is 10.8. The number of primary amides is 1. The minimum absolute atomic E-state index is 0.118. The molecule has 0 unspecified atom stereocenters. The van der Waals surface area contributed by atoms with Crippen molar-refractivity contribution in [1.29, 1.82) is 5.26 Å². The zero-order valence-corrected chi connectivity index (χ0v) is 11.6. The summed E-state index contributed by atoms with van der Waals surface area (Å²) in [6.45, 7) is 0.118. The first kappa shape index (κ1) is 15.3.